The molecule has 0 spiro atoms. The van der Waals surface area contributed by atoms with Crippen LogP contribution in [0.1, 0.15) is 66.7 Å². The number of hydrogen-bond donors (Lipinski definition) is 1. The van der Waals surface area contributed by atoms with Crippen molar-refractivity contribution in [2.24, 2.45) is 34.5 Å². The first-order valence-electron chi connectivity index (χ1n) is 10.1. The number of fused-ring (bicyclic) bond motifs is 2. The van der Waals surface area contributed by atoms with Crippen molar-refractivity contribution in [3.05, 3.63) is 12.7 Å². The van der Waals surface area contributed by atoms with E-state index in [1.807, 2.05) is 13.0 Å². The van der Waals surface area contributed by atoms with Crippen LogP contribution in [-0.4, -0.2) is 29.6 Å². The molecular weight excluding hydrogens is 328 g/mol. The molecule has 0 aromatic heterocycles. The second-order valence-electron chi connectivity index (χ2n) is 9.19. The molecule has 2 aliphatic carbocycles. The number of carbonyl (C=O) groups excluding carboxylic acids is 2. The highest BCUT2D eigenvalue weighted by Gasteiger charge is 2.58. The van der Waals surface area contributed by atoms with Gasteiger partial charge in [-0.2, -0.15) is 0 Å². The third-order valence-corrected chi connectivity index (χ3v) is 7.55. The number of carbonyl (C=O) groups is 2. The van der Waals surface area contributed by atoms with Crippen molar-refractivity contribution in [3.63, 3.8) is 0 Å². The topological polar surface area (TPSA) is 63.6 Å². The van der Waals surface area contributed by atoms with Gasteiger partial charge >= 0.3 is 5.97 Å². The maximum Gasteiger partial charge on any atom is 0.332 e. The molecule has 2 aliphatic rings. The van der Waals surface area contributed by atoms with Crippen LogP contribution in [-0.2, 0) is 14.3 Å². The Morgan fingerprint density at radius 1 is 1.23 bits per heavy atom. The number of aliphatic hydroxyl groups is 1. The normalized spacial score (nSPS) is 43.1. The van der Waals surface area contributed by atoms with E-state index in [-0.39, 0.29) is 23.0 Å². The Balaban J connectivity index is 2.59. The lowest BCUT2D eigenvalue weighted by atomic mass is 9.48. The second-order valence-corrected chi connectivity index (χ2v) is 9.19. The lowest BCUT2D eigenvalue weighted by Crippen LogP contribution is -2.58. The van der Waals surface area contributed by atoms with E-state index in [2.05, 4.69) is 34.3 Å². The minimum absolute atomic E-state index is 0.0999. The van der Waals surface area contributed by atoms with Crippen molar-refractivity contribution in [2.45, 2.75) is 72.8 Å². The van der Waals surface area contributed by atoms with Gasteiger partial charge in [0, 0.05) is 17.8 Å². The van der Waals surface area contributed by atoms with Crippen LogP contribution in [0.25, 0.3) is 0 Å². The molecular formula is C22H36O4. The van der Waals surface area contributed by atoms with Crippen molar-refractivity contribution >= 4 is 11.8 Å². The minimum Gasteiger partial charge on any atom is -0.460 e. The summed E-state index contributed by atoms with van der Waals surface area (Å²) in [6.07, 6.45) is 5.76. The zero-order valence-electron chi connectivity index (χ0n) is 17.1. The zero-order valence-corrected chi connectivity index (χ0v) is 17.1. The minimum atomic E-state index is -0.627. The number of esters is 1. The summed E-state index contributed by atoms with van der Waals surface area (Å²) in [7, 11) is 0. The van der Waals surface area contributed by atoms with Gasteiger partial charge in [-0.05, 0) is 48.9 Å². The van der Waals surface area contributed by atoms with Gasteiger partial charge in [-0.25, -0.2) is 4.79 Å². The standard InChI is InChI=1S/C22H36O4/c1-7-17(24)20-16-10-9-15(4)22(20,6)18(26-19(25)13-23)12-21(5,8-2)11-14(16)3/h8,14-16,18,20,23H,2,7,9-13H2,1,3-6H3/t14?,15?,16?,18?,20?,21-,22+/m1/s1. The number of ether oxygens (including phenoxy) is 1. The quantitative estimate of drug-likeness (QED) is 0.588. The van der Waals surface area contributed by atoms with Crippen LogP contribution in [0.5, 0.6) is 0 Å². The van der Waals surface area contributed by atoms with Crippen molar-refractivity contribution in [1.29, 1.82) is 0 Å². The van der Waals surface area contributed by atoms with Crippen molar-refractivity contribution in [2.75, 3.05) is 6.61 Å². The predicted molar refractivity (Wildman–Crippen MR) is 102 cm³/mol. The summed E-state index contributed by atoms with van der Waals surface area (Å²) in [5, 5.41) is 9.26. The molecule has 0 aromatic carbocycles. The maximum absolute atomic E-state index is 13.1. The smallest absolute Gasteiger partial charge is 0.332 e. The van der Waals surface area contributed by atoms with E-state index in [1.54, 1.807) is 0 Å². The Morgan fingerprint density at radius 2 is 1.88 bits per heavy atom. The zero-order chi connectivity index (χ0) is 19.7. The summed E-state index contributed by atoms with van der Waals surface area (Å²) in [6.45, 7) is 14.1. The Kier molecular flexibility index (Phi) is 6.37. The molecule has 2 bridgehead atoms. The van der Waals surface area contributed by atoms with Gasteiger partial charge in [0.25, 0.3) is 0 Å². The SMILES string of the molecule is C=C[C@]1(C)CC(C)C2CCC(C)[C@@](C)(C(OC(=O)CO)C1)C2C(=O)CC. The summed E-state index contributed by atoms with van der Waals surface area (Å²) in [4.78, 5) is 25.1. The van der Waals surface area contributed by atoms with Crippen LogP contribution in [0, 0.1) is 34.5 Å². The molecule has 2 fully saturated rings. The van der Waals surface area contributed by atoms with Crippen LogP contribution in [0.3, 0.4) is 0 Å². The van der Waals surface area contributed by atoms with Crippen LogP contribution in [0.2, 0.25) is 0 Å². The van der Waals surface area contributed by atoms with Crippen molar-refractivity contribution < 1.29 is 19.4 Å². The fraction of sp³-hybridized carbons (Fsp3) is 0.818. The number of Topliss-reactive ketones (excluding diaryl/α,β-unsaturated/α-hetero) is 1. The fourth-order valence-corrected chi connectivity index (χ4v) is 5.77. The number of hydrogen-bond acceptors (Lipinski definition) is 4. The summed E-state index contributed by atoms with van der Waals surface area (Å²) < 4.78 is 5.80. The van der Waals surface area contributed by atoms with Gasteiger partial charge in [-0.1, -0.05) is 40.7 Å². The van der Waals surface area contributed by atoms with Crippen molar-refractivity contribution in [1.82, 2.24) is 0 Å². The molecule has 2 rings (SSSR count). The molecule has 5 unspecified atom stereocenters. The summed E-state index contributed by atoms with van der Waals surface area (Å²) in [6, 6.07) is 0. The monoisotopic (exact) mass is 364 g/mol. The Labute approximate surface area is 158 Å². The van der Waals surface area contributed by atoms with E-state index in [1.165, 1.54) is 0 Å². The third-order valence-electron chi connectivity index (χ3n) is 7.55. The summed E-state index contributed by atoms with van der Waals surface area (Å²) in [5.41, 5.74) is -0.573. The first-order valence-corrected chi connectivity index (χ1v) is 10.1. The number of rotatable bonds is 5. The molecule has 1 N–H and O–H groups in total. The molecule has 4 heteroatoms. The summed E-state index contributed by atoms with van der Waals surface area (Å²) in [5.74, 6) is 0.571. The molecule has 0 amide bonds. The van der Waals surface area contributed by atoms with Gasteiger partial charge < -0.3 is 9.84 Å². The van der Waals surface area contributed by atoms with Crippen LogP contribution in [0.4, 0.5) is 0 Å². The molecule has 26 heavy (non-hydrogen) atoms. The molecule has 2 saturated carbocycles. The molecule has 148 valence electrons. The highest BCUT2D eigenvalue weighted by atomic mass is 16.6. The van der Waals surface area contributed by atoms with Crippen LogP contribution in [0.15, 0.2) is 12.7 Å². The van der Waals surface area contributed by atoms with Crippen molar-refractivity contribution in [3.8, 4) is 0 Å². The van der Waals surface area contributed by atoms with Gasteiger partial charge in [0.2, 0.25) is 0 Å². The van der Waals surface area contributed by atoms with Gasteiger partial charge in [-0.15, -0.1) is 6.58 Å². The first-order chi connectivity index (χ1) is 12.1. The second kappa shape index (κ2) is 7.84. The average Bonchev–Trinajstić information content (AvgIpc) is 2.61. The molecule has 0 aromatic rings. The lowest BCUT2D eigenvalue weighted by Gasteiger charge is -2.57. The number of aliphatic hydroxyl groups excluding tert-OH is 1. The average molecular weight is 365 g/mol. The van der Waals surface area contributed by atoms with Gasteiger partial charge in [-0.3, -0.25) is 4.79 Å². The van der Waals surface area contributed by atoms with E-state index in [0.29, 0.717) is 24.7 Å². The highest BCUT2D eigenvalue weighted by Crippen LogP contribution is 2.58. The molecule has 0 heterocycles. The van der Waals surface area contributed by atoms with E-state index in [9.17, 15) is 14.7 Å². The predicted octanol–water partition coefficient (Wildman–Crippen LogP) is 4.16. The Bertz CT molecular complexity index is 556. The van der Waals surface area contributed by atoms with Gasteiger partial charge in [0.1, 0.15) is 18.5 Å². The highest BCUT2D eigenvalue weighted by molar-refractivity contribution is 5.82. The fourth-order valence-electron chi connectivity index (χ4n) is 5.77. The van der Waals surface area contributed by atoms with Gasteiger partial charge in [0.05, 0.1) is 0 Å². The molecule has 0 radical (unpaired) electrons. The Hall–Kier alpha value is -1.16. The first kappa shape index (κ1) is 21.1. The van der Waals surface area contributed by atoms with Gasteiger partial charge in [0.15, 0.2) is 0 Å². The van der Waals surface area contributed by atoms with E-state index >= 15 is 0 Å². The molecule has 0 aliphatic heterocycles. The van der Waals surface area contributed by atoms with Crippen LogP contribution >= 0.6 is 0 Å². The largest absolute Gasteiger partial charge is 0.460 e. The maximum atomic E-state index is 13.1. The Morgan fingerprint density at radius 3 is 2.42 bits per heavy atom. The number of ketones is 1. The van der Waals surface area contributed by atoms with E-state index in [4.69, 9.17) is 4.74 Å². The third kappa shape index (κ3) is 3.62. The summed E-state index contributed by atoms with van der Waals surface area (Å²) >= 11 is 0. The van der Waals surface area contributed by atoms with E-state index in [0.717, 1.165) is 19.3 Å². The molecule has 7 atom stereocenters. The number of allylic oxidation sites excluding steroid dienone is 1. The lowest BCUT2D eigenvalue weighted by molar-refractivity contribution is -0.185. The molecule has 0 saturated heterocycles. The van der Waals surface area contributed by atoms with E-state index < -0.39 is 24.1 Å². The molecule has 4 nitrogen and oxygen atoms in total. The van der Waals surface area contributed by atoms with Crippen LogP contribution < -0.4 is 0 Å².